The average molecular weight is 315 g/mol. The van der Waals surface area contributed by atoms with Crippen LogP contribution in [0.5, 0.6) is 10.9 Å². The van der Waals surface area contributed by atoms with Crippen LogP contribution in [0.4, 0.5) is 5.69 Å². The molecule has 0 radical (unpaired) electrons. The molecule has 0 N–H and O–H groups in total. The van der Waals surface area contributed by atoms with E-state index in [2.05, 4.69) is 9.72 Å². The van der Waals surface area contributed by atoms with Crippen molar-refractivity contribution in [2.45, 2.75) is 0 Å². The molecule has 1 heterocycles. The quantitative estimate of drug-likeness (QED) is 0.488. The van der Waals surface area contributed by atoms with Gasteiger partial charge in [0.2, 0.25) is 5.75 Å². The molecule has 20 heavy (non-hydrogen) atoms. The summed E-state index contributed by atoms with van der Waals surface area (Å²) in [5.74, 6) is -0.635. The Balaban J connectivity index is 2.32. The van der Waals surface area contributed by atoms with Gasteiger partial charge >= 0.3 is 11.7 Å². The van der Waals surface area contributed by atoms with Crippen LogP contribution < -0.4 is 4.74 Å². The van der Waals surface area contributed by atoms with Crippen molar-refractivity contribution in [3.05, 3.63) is 44.4 Å². The minimum atomic E-state index is -0.648. The standard InChI is InChI=1S/C11H7ClN2O5S/c1-18-10(15)8-9(12)13-11(20-8)19-7-5-3-2-4-6(7)14(16)17/h2-5H,1H3. The Hall–Kier alpha value is -2.19. The molecule has 9 heteroatoms. The van der Waals surface area contributed by atoms with E-state index in [1.165, 1.54) is 25.3 Å². The molecule has 0 aliphatic rings. The predicted molar refractivity (Wildman–Crippen MR) is 71.6 cm³/mol. The Labute approximate surface area is 121 Å². The van der Waals surface area contributed by atoms with Crippen molar-refractivity contribution in [1.82, 2.24) is 4.98 Å². The van der Waals surface area contributed by atoms with E-state index < -0.39 is 10.9 Å². The van der Waals surface area contributed by atoms with Crippen LogP contribution in [-0.2, 0) is 4.74 Å². The molecular weight excluding hydrogens is 308 g/mol. The number of esters is 1. The van der Waals surface area contributed by atoms with Crippen LogP contribution in [0.25, 0.3) is 0 Å². The highest BCUT2D eigenvalue weighted by atomic mass is 35.5. The van der Waals surface area contributed by atoms with Gasteiger partial charge in [-0.15, -0.1) is 0 Å². The van der Waals surface area contributed by atoms with Crippen LogP contribution in [0.1, 0.15) is 9.67 Å². The van der Waals surface area contributed by atoms with Gasteiger partial charge in [0.25, 0.3) is 5.19 Å². The zero-order chi connectivity index (χ0) is 14.7. The fourth-order valence-corrected chi connectivity index (χ4v) is 2.39. The average Bonchev–Trinajstić information content (AvgIpc) is 2.79. The molecule has 0 spiro atoms. The van der Waals surface area contributed by atoms with Gasteiger partial charge in [0.05, 0.1) is 12.0 Å². The van der Waals surface area contributed by atoms with E-state index in [9.17, 15) is 14.9 Å². The van der Waals surface area contributed by atoms with Crippen molar-refractivity contribution in [2.75, 3.05) is 7.11 Å². The van der Waals surface area contributed by atoms with Crippen molar-refractivity contribution in [1.29, 1.82) is 0 Å². The maximum absolute atomic E-state index is 11.4. The smallest absolute Gasteiger partial charge is 0.351 e. The van der Waals surface area contributed by atoms with Crippen LogP contribution in [0.3, 0.4) is 0 Å². The Morgan fingerprint density at radius 2 is 2.15 bits per heavy atom. The Kier molecular flexibility index (Phi) is 4.16. The third kappa shape index (κ3) is 2.86. The largest absolute Gasteiger partial charge is 0.465 e. The number of carbonyl (C=O) groups is 1. The zero-order valence-electron chi connectivity index (χ0n) is 10.0. The summed E-state index contributed by atoms with van der Waals surface area (Å²) in [7, 11) is 1.21. The second-order valence-corrected chi connectivity index (χ2v) is 4.74. The number of thiazole rings is 1. The van der Waals surface area contributed by atoms with Crippen molar-refractivity contribution in [3.8, 4) is 10.9 Å². The van der Waals surface area contributed by atoms with Crippen LogP contribution in [0.2, 0.25) is 5.15 Å². The summed E-state index contributed by atoms with van der Waals surface area (Å²) in [6.07, 6.45) is 0. The van der Waals surface area contributed by atoms with Gasteiger partial charge in [-0.1, -0.05) is 35.1 Å². The third-order valence-electron chi connectivity index (χ3n) is 2.20. The number of aromatic nitrogens is 1. The van der Waals surface area contributed by atoms with Crippen LogP contribution in [0.15, 0.2) is 24.3 Å². The van der Waals surface area contributed by atoms with E-state index in [1.54, 1.807) is 6.07 Å². The minimum absolute atomic E-state index is 0.0133. The van der Waals surface area contributed by atoms with Gasteiger partial charge in [0.15, 0.2) is 10.0 Å². The number of nitrogens with zero attached hydrogens (tertiary/aromatic N) is 2. The molecule has 1 aromatic heterocycles. The Bertz CT molecular complexity index is 673. The molecule has 0 fully saturated rings. The number of carbonyl (C=O) groups excluding carboxylic acids is 1. The number of methoxy groups -OCH3 is 1. The SMILES string of the molecule is COC(=O)c1sc(Oc2ccccc2[N+](=O)[O-])nc1Cl. The Morgan fingerprint density at radius 1 is 1.45 bits per heavy atom. The summed E-state index contributed by atoms with van der Waals surface area (Å²) < 4.78 is 9.83. The third-order valence-corrected chi connectivity index (χ3v) is 3.50. The first-order valence-electron chi connectivity index (χ1n) is 5.19. The molecule has 0 unspecified atom stereocenters. The van der Waals surface area contributed by atoms with Crippen molar-refractivity contribution < 1.29 is 19.2 Å². The molecule has 0 saturated heterocycles. The number of nitro groups is 1. The van der Waals surface area contributed by atoms with E-state index in [4.69, 9.17) is 16.3 Å². The molecule has 0 amide bonds. The number of ether oxygens (including phenoxy) is 2. The topological polar surface area (TPSA) is 91.6 Å². The first-order valence-corrected chi connectivity index (χ1v) is 6.38. The molecule has 2 rings (SSSR count). The molecule has 0 aliphatic heterocycles. The van der Waals surface area contributed by atoms with Gasteiger partial charge in [0, 0.05) is 6.07 Å². The monoisotopic (exact) mass is 314 g/mol. The summed E-state index contributed by atoms with van der Waals surface area (Å²) in [4.78, 5) is 25.5. The molecule has 0 bridgehead atoms. The van der Waals surface area contributed by atoms with Crippen molar-refractivity contribution in [3.63, 3.8) is 0 Å². The number of halogens is 1. The molecule has 7 nitrogen and oxygen atoms in total. The van der Waals surface area contributed by atoms with Gasteiger partial charge in [-0.3, -0.25) is 10.1 Å². The van der Waals surface area contributed by atoms with Crippen LogP contribution in [0, 0.1) is 10.1 Å². The fourth-order valence-electron chi connectivity index (χ4n) is 1.33. The second-order valence-electron chi connectivity index (χ2n) is 3.42. The van der Waals surface area contributed by atoms with E-state index >= 15 is 0 Å². The second kappa shape index (κ2) is 5.85. The lowest BCUT2D eigenvalue weighted by molar-refractivity contribution is -0.385. The lowest BCUT2D eigenvalue weighted by Gasteiger charge is -2.01. The van der Waals surface area contributed by atoms with Crippen molar-refractivity contribution in [2.24, 2.45) is 0 Å². The van der Waals surface area contributed by atoms with Crippen LogP contribution in [-0.4, -0.2) is 23.0 Å². The van der Waals surface area contributed by atoms with Gasteiger partial charge in [-0.25, -0.2) is 4.79 Å². The lowest BCUT2D eigenvalue weighted by Crippen LogP contribution is -1.98. The van der Waals surface area contributed by atoms with E-state index in [-0.39, 0.29) is 26.7 Å². The molecule has 104 valence electrons. The maximum atomic E-state index is 11.4. The molecule has 2 aromatic rings. The highest BCUT2D eigenvalue weighted by Gasteiger charge is 2.21. The summed E-state index contributed by atoms with van der Waals surface area (Å²) in [5.41, 5.74) is -0.210. The summed E-state index contributed by atoms with van der Waals surface area (Å²) in [6.45, 7) is 0. The lowest BCUT2D eigenvalue weighted by atomic mass is 10.3. The van der Waals surface area contributed by atoms with E-state index in [0.29, 0.717) is 0 Å². The number of rotatable bonds is 4. The first-order chi connectivity index (χ1) is 9.52. The van der Waals surface area contributed by atoms with Gasteiger partial charge < -0.3 is 9.47 Å². The number of hydrogen-bond donors (Lipinski definition) is 0. The maximum Gasteiger partial charge on any atom is 0.351 e. The fraction of sp³-hybridized carbons (Fsp3) is 0.0909. The van der Waals surface area contributed by atoms with E-state index in [1.807, 2.05) is 0 Å². The minimum Gasteiger partial charge on any atom is -0.465 e. The van der Waals surface area contributed by atoms with Gasteiger partial charge in [0.1, 0.15) is 0 Å². The number of nitro benzene ring substituents is 1. The summed E-state index contributed by atoms with van der Waals surface area (Å²) >= 11 is 6.62. The first kappa shape index (κ1) is 14.2. The number of hydrogen-bond acceptors (Lipinski definition) is 7. The zero-order valence-corrected chi connectivity index (χ0v) is 11.6. The summed E-state index contributed by atoms with van der Waals surface area (Å²) in [5, 5.41) is 10.8. The predicted octanol–water partition coefficient (Wildman–Crippen LogP) is 3.28. The van der Waals surface area contributed by atoms with E-state index in [0.717, 1.165) is 11.3 Å². The molecular formula is C11H7ClN2O5S. The van der Waals surface area contributed by atoms with Gasteiger partial charge in [-0.2, -0.15) is 4.98 Å². The van der Waals surface area contributed by atoms with Gasteiger partial charge in [-0.05, 0) is 6.07 Å². The number of para-hydroxylation sites is 2. The Morgan fingerprint density at radius 3 is 2.80 bits per heavy atom. The normalized spacial score (nSPS) is 10.1. The summed E-state index contributed by atoms with van der Waals surface area (Å²) in [6, 6.07) is 5.81. The number of benzene rings is 1. The van der Waals surface area contributed by atoms with Crippen molar-refractivity contribution >= 4 is 34.6 Å². The highest BCUT2D eigenvalue weighted by Crippen LogP contribution is 2.35. The molecule has 0 saturated carbocycles. The van der Waals surface area contributed by atoms with Crippen LogP contribution >= 0.6 is 22.9 Å². The molecule has 0 atom stereocenters. The molecule has 1 aromatic carbocycles. The highest BCUT2D eigenvalue weighted by molar-refractivity contribution is 7.15. The molecule has 0 aliphatic carbocycles.